The van der Waals surface area contributed by atoms with Crippen molar-refractivity contribution >= 4 is 23.0 Å². The van der Waals surface area contributed by atoms with Gasteiger partial charge in [-0.1, -0.05) is 60.7 Å². The highest BCUT2D eigenvalue weighted by Crippen LogP contribution is 2.10. The van der Waals surface area contributed by atoms with Crippen LogP contribution in [0.1, 0.15) is 21.6 Å². The van der Waals surface area contributed by atoms with Gasteiger partial charge in [0, 0.05) is 16.5 Å². The Morgan fingerprint density at radius 3 is 2.05 bits per heavy atom. The fourth-order valence-corrected chi connectivity index (χ4v) is 2.51. The molecule has 0 saturated heterocycles. The molecular formula is C17H13N3OS. The number of amides is 1. The van der Waals surface area contributed by atoms with Gasteiger partial charge in [-0.3, -0.25) is 4.79 Å². The lowest BCUT2D eigenvalue weighted by Crippen LogP contribution is -2.20. The lowest BCUT2D eigenvalue weighted by atomic mass is 10.0. The number of thiazole rings is 1. The third-order valence-corrected chi connectivity index (χ3v) is 3.62. The van der Waals surface area contributed by atoms with Gasteiger partial charge in [0.1, 0.15) is 5.69 Å². The van der Waals surface area contributed by atoms with Gasteiger partial charge in [-0.15, -0.1) is 11.3 Å². The van der Waals surface area contributed by atoms with Crippen LogP contribution in [0.3, 0.4) is 0 Å². The molecule has 0 fully saturated rings. The molecule has 0 aliphatic heterocycles. The summed E-state index contributed by atoms with van der Waals surface area (Å²) in [5.41, 5.74) is 7.15. The van der Waals surface area contributed by atoms with Crippen molar-refractivity contribution in [3.05, 3.63) is 88.4 Å². The minimum absolute atomic E-state index is 0.314. The summed E-state index contributed by atoms with van der Waals surface area (Å²) in [6.45, 7) is 0. The van der Waals surface area contributed by atoms with Crippen LogP contribution in [0, 0.1) is 0 Å². The zero-order valence-electron chi connectivity index (χ0n) is 11.6. The molecule has 3 rings (SSSR count). The topological polar surface area (TPSA) is 54.4 Å². The molecule has 0 atom stereocenters. The van der Waals surface area contributed by atoms with Crippen LogP contribution in [0.4, 0.5) is 0 Å². The van der Waals surface area contributed by atoms with Gasteiger partial charge in [-0.05, 0) is 0 Å². The summed E-state index contributed by atoms with van der Waals surface area (Å²) in [6.07, 6.45) is 0. The molecule has 0 saturated carbocycles. The van der Waals surface area contributed by atoms with E-state index < -0.39 is 0 Å². The molecule has 0 unspecified atom stereocenters. The Kier molecular flexibility index (Phi) is 4.36. The van der Waals surface area contributed by atoms with Gasteiger partial charge in [0.25, 0.3) is 5.91 Å². The van der Waals surface area contributed by atoms with Crippen LogP contribution in [0.5, 0.6) is 0 Å². The van der Waals surface area contributed by atoms with Crippen molar-refractivity contribution in [3.8, 4) is 0 Å². The second kappa shape index (κ2) is 6.78. The van der Waals surface area contributed by atoms with Gasteiger partial charge in [0.2, 0.25) is 0 Å². The van der Waals surface area contributed by atoms with Crippen molar-refractivity contribution in [2.75, 3.05) is 0 Å². The second-order valence-electron chi connectivity index (χ2n) is 4.51. The number of nitrogens with zero attached hydrogens (tertiary/aromatic N) is 2. The van der Waals surface area contributed by atoms with Crippen LogP contribution in [0.15, 0.2) is 76.7 Å². The number of carbonyl (C=O) groups excluding carboxylic acids is 1. The average Bonchev–Trinajstić information content (AvgIpc) is 3.11. The average molecular weight is 307 g/mol. The SMILES string of the molecule is O=C(NN=C(c1ccccc1)c1ccccc1)c1cscn1. The molecule has 0 spiro atoms. The summed E-state index contributed by atoms with van der Waals surface area (Å²) in [6, 6.07) is 19.5. The van der Waals surface area contributed by atoms with E-state index in [9.17, 15) is 4.79 Å². The number of hydrazone groups is 1. The predicted molar refractivity (Wildman–Crippen MR) is 88.1 cm³/mol. The molecule has 108 valence electrons. The van der Waals surface area contributed by atoms with Gasteiger partial charge >= 0.3 is 0 Å². The first kappa shape index (κ1) is 14.2. The summed E-state index contributed by atoms with van der Waals surface area (Å²) in [7, 11) is 0. The van der Waals surface area contributed by atoms with E-state index in [-0.39, 0.29) is 5.91 Å². The molecule has 3 aromatic rings. The highest BCUT2D eigenvalue weighted by Gasteiger charge is 2.10. The van der Waals surface area contributed by atoms with Crippen LogP contribution in [0.2, 0.25) is 0 Å². The van der Waals surface area contributed by atoms with Crippen LogP contribution in [-0.2, 0) is 0 Å². The molecule has 0 radical (unpaired) electrons. The number of rotatable bonds is 4. The molecule has 4 nitrogen and oxygen atoms in total. The van der Waals surface area contributed by atoms with Crippen LogP contribution < -0.4 is 5.43 Å². The van der Waals surface area contributed by atoms with Gasteiger partial charge in [-0.25, -0.2) is 10.4 Å². The lowest BCUT2D eigenvalue weighted by molar-refractivity contribution is 0.0950. The normalized spacial score (nSPS) is 10.0. The van der Waals surface area contributed by atoms with Gasteiger partial charge < -0.3 is 0 Å². The zero-order chi connectivity index (χ0) is 15.2. The van der Waals surface area contributed by atoms with E-state index >= 15 is 0 Å². The van der Waals surface area contributed by atoms with Crippen LogP contribution in [0.25, 0.3) is 0 Å². The molecule has 1 heterocycles. The number of nitrogens with one attached hydrogen (secondary N) is 1. The molecule has 0 aliphatic rings. The number of hydrogen-bond acceptors (Lipinski definition) is 4. The van der Waals surface area contributed by atoms with E-state index in [1.807, 2.05) is 60.7 Å². The van der Waals surface area contributed by atoms with Gasteiger partial charge in [0.15, 0.2) is 0 Å². The maximum Gasteiger partial charge on any atom is 0.290 e. The lowest BCUT2D eigenvalue weighted by Gasteiger charge is -2.07. The van der Waals surface area contributed by atoms with E-state index in [2.05, 4.69) is 15.5 Å². The molecule has 2 aromatic carbocycles. The molecule has 1 aromatic heterocycles. The fraction of sp³-hybridized carbons (Fsp3) is 0. The third kappa shape index (κ3) is 3.27. The van der Waals surface area contributed by atoms with Crippen molar-refractivity contribution in [2.45, 2.75) is 0 Å². The van der Waals surface area contributed by atoms with Crippen molar-refractivity contribution in [3.63, 3.8) is 0 Å². The monoisotopic (exact) mass is 307 g/mol. The predicted octanol–water partition coefficient (Wildman–Crippen LogP) is 3.33. The van der Waals surface area contributed by atoms with E-state index in [1.54, 1.807) is 10.9 Å². The minimum atomic E-state index is -0.314. The van der Waals surface area contributed by atoms with Crippen molar-refractivity contribution in [1.82, 2.24) is 10.4 Å². The molecule has 1 N–H and O–H groups in total. The Morgan fingerprint density at radius 2 is 1.55 bits per heavy atom. The van der Waals surface area contributed by atoms with Crippen molar-refractivity contribution in [1.29, 1.82) is 0 Å². The fourth-order valence-electron chi connectivity index (χ4n) is 1.98. The standard InChI is InChI=1S/C17H13N3OS/c21-17(15-11-22-12-18-15)20-19-16(13-7-3-1-4-8-13)14-9-5-2-6-10-14/h1-12H,(H,20,21). The largest absolute Gasteiger partial charge is 0.290 e. The Labute approximate surface area is 132 Å². The Bertz CT molecular complexity index is 727. The highest BCUT2D eigenvalue weighted by molar-refractivity contribution is 7.07. The molecule has 0 aliphatic carbocycles. The summed E-state index contributed by atoms with van der Waals surface area (Å²) in [4.78, 5) is 16.0. The first-order valence-electron chi connectivity index (χ1n) is 6.71. The van der Waals surface area contributed by atoms with Gasteiger partial charge in [-0.2, -0.15) is 5.10 Å². The molecule has 0 bridgehead atoms. The molecule has 5 heteroatoms. The quantitative estimate of drug-likeness (QED) is 0.594. The number of carbonyl (C=O) groups is 1. The maximum atomic E-state index is 12.0. The summed E-state index contributed by atoms with van der Waals surface area (Å²) >= 11 is 1.37. The molecular weight excluding hydrogens is 294 g/mol. The van der Waals surface area contributed by atoms with Crippen LogP contribution in [-0.4, -0.2) is 16.6 Å². The Hall–Kier alpha value is -2.79. The molecule has 22 heavy (non-hydrogen) atoms. The number of aromatic nitrogens is 1. The van der Waals surface area contributed by atoms with Crippen LogP contribution >= 0.6 is 11.3 Å². The first-order valence-corrected chi connectivity index (χ1v) is 7.66. The first-order chi connectivity index (χ1) is 10.8. The summed E-state index contributed by atoms with van der Waals surface area (Å²) in [5, 5.41) is 5.99. The smallest absolute Gasteiger partial charge is 0.266 e. The molecule has 1 amide bonds. The van der Waals surface area contributed by atoms with E-state index in [0.29, 0.717) is 11.4 Å². The van der Waals surface area contributed by atoms with E-state index in [4.69, 9.17) is 0 Å². The van der Waals surface area contributed by atoms with E-state index in [1.165, 1.54) is 11.3 Å². The summed E-state index contributed by atoms with van der Waals surface area (Å²) in [5.74, 6) is -0.314. The summed E-state index contributed by atoms with van der Waals surface area (Å²) < 4.78 is 0. The van der Waals surface area contributed by atoms with E-state index in [0.717, 1.165) is 11.1 Å². The Morgan fingerprint density at radius 1 is 0.955 bits per heavy atom. The maximum absolute atomic E-state index is 12.0. The zero-order valence-corrected chi connectivity index (χ0v) is 12.5. The number of hydrogen-bond donors (Lipinski definition) is 1. The van der Waals surface area contributed by atoms with Crippen molar-refractivity contribution < 1.29 is 4.79 Å². The number of benzene rings is 2. The Balaban J connectivity index is 1.92. The second-order valence-corrected chi connectivity index (χ2v) is 5.23. The highest BCUT2D eigenvalue weighted by atomic mass is 32.1. The third-order valence-electron chi connectivity index (χ3n) is 3.03. The van der Waals surface area contributed by atoms with Crippen molar-refractivity contribution in [2.24, 2.45) is 5.10 Å². The van der Waals surface area contributed by atoms with Gasteiger partial charge in [0.05, 0.1) is 11.2 Å². The minimum Gasteiger partial charge on any atom is -0.266 e.